The Morgan fingerprint density at radius 2 is 1.44 bits per heavy atom. The number of hydrogen-bond donors (Lipinski definition) is 2. The van der Waals surface area contributed by atoms with E-state index in [1.807, 2.05) is 13.8 Å². The van der Waals surface area contributed by atoms with Gasteiger partial charge in [0.05, 0.1) is 17.9 Å². The van der Waals surface area contributed by atoms with Gasteiger partial charge in [-0.05, 0) is 56.2 Å². The first-order valence-corrected chi connectivity index (χ1v) is 12.4. The molecule has 0 aromatic heterocycles. The van der Waals surface area contributed by atoms with Crippen molar-refractivity contribution in [3.63, 3.8) is 0 Å². The Hall–Kier alpha value is -3.88. The predicted octanol–water partition coefficient (Wildman–Crippen LogP) is 4.23. The third-order valence-electron chi connectivity index (χ3n) is 6.27. The summed E-state index contributed by atoms with van der Waals surface area (Å²) in [5, 5.41) is 5.71. The molecular formula is C27H34N4O5. The van der Waals surface area contributed by atoms with E-state index in [0.717, 1.165) is 12.8 Å². The molecule has 1 saturated heterocycles. The van der Waals surface area contributed by atoms with E-state index in [-0.39, 0.29) is 29.7 Å². The molecule has 9 heteroatoms. The largest absolute Gasteiger partial charge is 0.450 e. The molecule has 0 atom stereocenters. The van der Waals surface area contributed by atoms with E-state index in [9.17, 15) is 19.2 Å². The van der Waals surface area contributed by atoms with Crippen molar-refractivity contribution >= 4 is 35.2 Å². The van der Waals surface area contributed by atoms with Gasteiger partial charge in [-0.2, -0.15) is 0 Å². The molecule has 0 aliphatic carbocycles. The van der Waals surface area contributed by atoms with Crippen molar-refractivity contribution in [2.45, 2.75) is 33.6 Å². The minimum absolute atomic E-state index is 0.0345. The topological polar surface area (TPSA) is 108 Å². The second kappa shape index (κ2) is 12.7. The van der Waals surface area contributed by atoms with Crippen LogP contribution in [-0.2, 0) is 9.53 Å². The van der Waals surface area contributed by atoms with Crippen LogP contribution in [0.5, 0.6) is 0 Å². The minimum Gasteiger partial charge on any atom is -0.450 e. The van der Waals surface area contributed by atoms with Gasteiger partial charge in [0.15, 0.2) is 0 Å². The Morgan fingerprint density at radius 3 is 2.06 bits per heavy atom. The molecule has 192 valence electrons. The van der Waals surface area contributed by atoms with Crippen LogP contribution >= 0.6 is 0 Å². The molecule has 3 rings (SSSR count). The van der Waals surface area contributed by atoms with Gasteiger partial charge in [-0.3, -0.25) is 14.4 Å². The Kier molecular flexibility index (Phi) is 9.44. The van der Waals surface area contributed by atoms with Gasteiger partial charge in [-0.25, -0.2) is 4.79 Å². The number of rotatable bonds is 8. The fourth-order valence-electron chi connectivity index (χ4n) is 4.06. The number of ether oxygens (including phenoxy) is 1. The normalized spacial score (nSPS) is 13.3. The number of carbonyl (C=O) groups excluding carboxylic acids is 4. The lowest BCUT2D eigenvalue weighted by molar-refractivity contribution is -0.120. The van der Waals surface area contributed by atoms with Crippen molar-refractivity contribution in [3.8, 4) is 0 Å². The van der Waals surface area contributed by atoms with E-state index in [4.69, 9.17) is 4.74 Å². The second-order valence-corrected chi connectivity index (χ2v) is 8.56. The maximum Gasteiger partial charge on any atom is 0.409 e. The quantitative estimate of drug-likeness (QED) is 0.571. The fraction of sp³-hybridized carbons (Fsp3) is 0.407. The van der Waals surface area contributed by atoms with Crippen molar-refractivity contribution in [3.05, 3.63) is 59.7 Å². The summed E-state index contributed by atoms with van der Waals surface area (Å²) < 4.78 is 5.03. The van der Waals surface area contributed by atoms with Crippen LogP contribution in [0, 0.1) is 5.92 Å². The Morgan fingerprint density at radius 1 is 0.833 bits per heavy atom. The van der Waals surface area contributed by atoms with Crippen LogP contribution in [0.15, 0.2) is 48.5 Å². The zero-order chi connectivity index (χ0) is 26.1. The molecule has 0 spiro atoms. The van der Waals surface area contributed by atoms with Gasteiger partial charge in [0, 0.05) is 43.3 Å². The zero-order valence-electron chi connectivity index (χ0n) is 21.1. The molecule has 0 bridgehead atoms. The SMILES string of the molecule is CCOC(=O)N1CCN(C(=O)c2ccccc2NC(=O)c2ccc(NC(=O)C(CC)CC)cc2)CC1. The summed E-state index contributed by atoms with van der Waals surface area (Å²) in [4.78, 5) is 53.5. The highest BCUT2D eigenvalue weighted by Gasteiger charge is 2.27. The van der Waals surface area contributed by atoms with E-state index in [1.54, 1.807) is 65.3 Å². The Labute approximate surface area is 211 Å². The Bertz CT molecular complexity index is 1070. The molecule has 2 aromatic rings. The summed E-state index contributed by atoms with van der Waals surface area (Å²) in [5.74, 6) is -0.656. The highest BCUT2D eigenvalue weighted by Crippen LogP contribution is 2.21. The highest BCUT2D eigenvalue weighted by molar-refractivity contribution is 6.09. The number of piperazine rings is 1. The number of anilines is 2. The number of carbonyl (C=O) groups is 4. The van der Waals surface area contributed by atoms with Crippen molar-refractivity contribution in [1.29, 1.82) is 0 Å². The lowest BCUT2D eigenvalue weighted by Gasteiger charge is -2.34. The second-order valence-electron chi connectivity index (χ2n) is 8.56. The molecule has 0 unspecified atom stereocenters. The highest BCUT2D eigenvalue weighted by atomic mass is 16.6. The number of nitrogens with one attached hydrogen (secondary N) is 2. The third kappa shape index (κ3) is 6.62. The number of nitrogens with zero attached hydrogens (tertiary/aromatic N) is 2. The molecule has 0 saturated carbocycles. The summed E-state index contributed by atoms with van der Waals surface area (Å²) in [6.07, 6.45) is 1.16. The summed E-state index contributed by atoms with van der Waals surface area (Å²) in [6, 6.07) is 13.5. The molecule has 2 N–H and O–H groups in total. The van der Waals surface area contributed by atoms with E-state index in [0.29, 0.717) is 55.3 Å². The molecule has 36 heavy (non-hydrogen) atoms. The smallest absolute Gasteiger partial charge is 0.409 e. The van der Waals surface area contributed by atoms with Crippen molar-refractivity contribution in [2.24, 2.45) is 5.92 Å². The van der Waals surface area contributed by atoms with Gasteiger partial charge >= 0.3 is 6.09 Å². The van der Waals surface area contributed by atoms with Crippen LogP contribution in [0.4, 0.5) is 16.2 Å². The van der Waals surface area contributed by atoms with Crippen molar-refractivity contribution < 1.29 is 23.9 Å². The van der Waals surface area contributed by atoms with E-state index in [2.05, 4.69) is 10.6 Å². The number of benzene rings is 2. The van der Waals surface area contributed by atoms with Gasteiger partial charge in [0.25, 0.3) is 11.8 Å². The zero-order valence-corrected chi connectivity index (χ0v) is 21.1. The van der Waals surface area contributed by atoms with Gasteiger partial charge in [-0.15, -0.1) is 0 Å². The number of para-hydroxylation sites is 1. The third-order valence-corrected chi connectivity index (χ3v) is 6.27. The average Bonchev–Trinajstić information content (AvgIpc) is 2.90. The average molecular weight is 495 g/mol. The number of hydrogen-bond acceptors (Lipinski definition) is 5. The molecular weight excluding hydrogens is 460 g/mol. The summed E-state index contributed by atoms with van der Waals surface area (Å²) in [6.45, 7) is 7.55. The van der Waals surface area contributed by atoms with Crippen LogP contribution in [0.1, 0.15) is 54.3 Å². The maximum absolute atomic E-state index is 13.2. The van der Waals surface area contributed by atoms with Gasteiger partial charge in [0.2, 0.25) is 5.91 Å². The van der Waals surface area contributed by atoms with Crippen LogP contribution in [0.3, 0.4) is 0 Å². The molecule has 9 nitrogen and oxygen atoms in total. The molecule has 0 radical (unpaired) electrons. The summed E-state index contributed by atoms with van der Waals surface area (Å²) >= 11 is 0. The van der Waals surface area contributed by atoms with E-state index >= 15 is 0 Å². The van der Waals surface area contributed by atoms with E-state index in [1.165, 1.54) is 0 Å². The summed E-state index contributed by atoms with van der Waals surface area (Å²) in [5.41, 5.74) is 1.82. The first kappa shape index (κ1) is 26.7. The molecule has 1 fully saturated rings. The first-order chi connectivity index (χ1) is 17.4. The maximum atomic E-state index is 13.2. The number of amides is 4. The molecule has 1 heterocycles. The fourth-order valence-corrected chi connectivity index (χ4v) is 4.06. The van der Waals surface area contributed by atoms with Crippen LogP contribution < -0.4 is 10.6 Å². The van der Waals surface area contributed by atoms with Gasteiger partial charge in [-0.1, -0.05) is 26.0 Å². The van der Waals surface area contributed by atoms with Crippen LogP contribution in [0.2, 0.25) is 0 Å². The molecule has 1 aliphatic heterocycles. The van der Waals surface area contributed by atoms with Crippen molar-refractivity contribution in [1.82, 2.24) is 9.80 Å². The minimum atomic E-state index is -0.376. The lowest BCUT2D eigenvalue weighted by atomic mass is 10.0. The van der Waals surface area contributed by atoms with Gasteiger partial charge in [0.1, 0.15) is 0 Å². The van der Waals surface area contributed by atoms with Crippen molar-refractivity contribution in [2.75, 3.05) is 43.4 Å². The standard InChI is InChI=1S/C27H34N4O5/c1-4-19(5-2)24(32)28-21-13-11-20(12-14-21)25(33)29-23-10-8-7-9-22(23)26(34)30-15-17-31(18-16-30)27(35)36-6-3/h7-14,19H,4-6,15-18H2,1-3H3,(H,28,32)(H,29,33). The predicted molar refractivity (Wildman–Crippen MR) is 138 cm³/mol. The van der Waals surface area contributed by atoms with Gasteiger partial charge < -0.3 is 25.2 Å². The lowest BCUT2D eigenvalue weighted by Crippen LogP contribution is -2.50. The first-order valence-electron chi connectivity index (χ1n) is 12.4. The molecule has 4 amide bonds. The Balaban J connectivity index is 1.63. The van der Waals surface area contributed by atoms with Crippen LogP contribution in [-0.4, -0.2) is 66.4 Å². The molecule has 2 aromatic carbocycles. The monoisotopic (exact) mass is 494 g/mol. The summed E-state index contributed by atoms with van der Waals surface area (Å²) in [7, 11) is 0. The van der Waals surface area contributed by atoms with E-state index < -0.39 is 0 Å². The molecule has 1 aliphatic rings. The van der Waals surface area contributed by atoms with Crippen LogP contribution in [0.25, 0.3) is 0 Å².